The van der Waals surface area contributed by atoms with E-state index in [1.807, 2.05) is 7.11 Å². The summed E-state index contributed by atoms with van der Waals surface area (Å²) < 4.78 is 10.3. The van der Waals surface area contributed by atoms with Crippen LogP contribution in [0.4, 0.5) is 0 Å². The van der Waals surface area contributed by atoms with E-state index in [1.165, 1.54) is 27.8 Å². The molecule has 0 spiro atoms. The second-order valence-corrected chi connectivity index (χ2v) is 19.5. The van der Waals surface area contributed by atoms with E-state index >= 15 is 0 Å². The van der Waals surface area contributed by atoms with Crippen LogP contribution < -0.4 is 32.8 Å². The van der Waals surface area contributed by atoms with E-state index in [9.17, 15) is 0 Å². The van der Waals surface area contributed by atoms with Crippen molar-refractivity contribution in [2.24, 2.45) is 0 Å². The third kappa shape index (κ3) is 5.30. The maximum Gasteiger partial charge on any atom is -1.00 e. The Kier molecular flexibility index (Phi) is 9.22. The molecule has 4 heteroatoms. The Morgan fingerprint density at radius 2 is 1.62 bits per heavy atom. The van der Waals surface area contributed by atoms with Crippen molar-refractivity contribution in [2.75, 3.05) is 7.11 Å². The molecule has 0 aliphatic heterocycles. The molecular formula is C30H39Cl2OZr. The molecule has 0 unspecified atom stereocenters. The van der Waals surface area contributed by atoms with Gasteiger partial charge in [-0.25, -0.2) is 0 Å². The van der Waals surface area contributed by atoms with Crippen LogP contribution >= 0.6 is 0 Å². The van der Waals surface area contributed by atoms with Gasteiger partial charge in [-0.3, -0.25) is 0 Å². The van der Waals surface area contributed by atoms with Crippen LogP contribution in [0.5, 0.6) is 5.75 Å². The zero-order valence-electron chi connectivity index (χ0n) is 22.2. The molecule has 0 heterocycles. The first-order valence-electron chi connectivity index (χ1n) is 12.0. The van der Waals surface area contributed by atoms with Crippen LogP contribution in [0.25, 0.3) is 11.1 Å². The average Bonchev–Trinajstić information content (AvgIpc) is 3.33. The van der Waals surface area contributed by atoms with Gasteiger partial charge in [-0.1, -0.05) is 0 Å². The molecular weight excluding hydrogens is 538 g/mol. The number of benzene rings is 2. The average molecular weight is 578 g/mol. The SMILES string of the molecule is COc1cc(C(C)(C)C)[c]([Zr+2]([C]2=CC=CC2)[CH](C)C)c2c1-c1ccc(C(C)(C)C)cc1C2.[Cl-].[Cl-]. The number of hydrogen-bond acceptors (Lipinski definition) is 1. The van der Waals surface area contributed by atoms with E-state index in [2.05, 4.69) is 97.9 Å². The van der Waals surface area contributed by atoms with Gasteiger partial charge < -0.3 is 24.8 Å². The molecule has 2 aliphatic carbocycles. The summed E-state index contributed by atoms with van der Waals surface area (Å²) in [5.41, 5.74) is 9.00. The van der Waals surface area contributed by atoms with Gasteiger partial charge in [-0.05, 0) is 0 Å². The molecule has 0 N–H and O–H groups in total. The summed E-state index contributed by atoms with van der Waals surface area (Å²) in [5.74, 6) is 1.06. The monoisotopic (exact) mass is 575 g/mol. The first kappa shape index (κ1) is 29.4. The number of halogens is 2. The van der Waals surface area contributed by atoms with Crippen molar-refractivity contribution in [2.45, 2.75) is 82.7 Å². The van der Waals surface area contributed by atoms with Gasteiger partial charge in [0.05, 0.1) is 0 Å². The summed E-state index contributed by atoms with van der Waals surface area (Å²) in [7, 11) is 1.84. The third-order valence-corrected chi connectivity index (χ3v) is 15.2. The van der Waals surface area contributed by atoms with Crippen molar-refractivity contribution in [3.05, 3.63) is 68.0 Å². The summed E-state index contributed by atoms with van der Waals surface area (Å²) >= 11 is -2.11. The number of allylic oxidation sites excluding steroid dienone is 4. The Labute approximate surface area is 228 Å². The Morgan fingerprint density at radius 1 is 0.941 bits per heavy atom. The molecule has 0 atom stereocenters. The zero-order valence-corrected chi connectivity index (χ0v) is 26.2. The van der Waals surface area contributed by atoms with Gasteiger partial charge in [0, 0.05) is 0 Å². The standard InChI is InChI=1S/C22H27O.C5H5.C3H7.2ClH.Zr/c1-21(2,3)16-8-9-18-14(11-16)10-15-12-17(22(4,5)6)13-19(23-7)20(15)18;1-2-4-5-3-1;1-3-2;;;/h8-9,11,13H,10H2,1-7H3;1-3H,4H2;3H,1-2H3;2*1H;/q;;;;;+2/p-2. The van der Waals surface area contributed by atoms with Crippen LogP contribution in [0.15, 0.2) is 45.8 Å². The van der Waals surface area contributed by atoms with Gasteiger partial charge in [-0.15, -0.1) is 0 Å². The Hall–Kier alpha value is -0.817. The Bertz CT molecular complexity index is 1110. The minimum atomic E-state index is -2.11. The molecule has 0 saturated carbocycles. The van der Waals surface area contributed by atoms with E-state index < -0.39 is 21.8 Å². The van der Waals surface area contributed by atoms with Gasteiger partial charge in [0.2, 0.25) is 0 Å². The molecule has 0 radical (unpaired) electrons. The number of ether oxygens (including phenoxy) is 1. The Balaban J connectivity index is 0.00000204. The molecule has 0 saturated heterocycles. The van der Waals surface area contributed by atoms with E-state index in [1.54, 1.807) is 12.1 Å². The van der Waals surface area contributed by atoms with Crippen LogP contribution in [0, 0.1) is 0 Å². The second kappa shape index (κ2) is 10.7. The van der Waals surface area contributed by atoms with Gasteiger partial charge >= 0.3 is 204 Å². The molecule has 2 aromatic carbocycles. The van der Waals surface area contributed by atoms with Crippen LogP contribution in [0.2, 0.25) is 3.63 Å². The first-order valence-corrected chi connectivity index (χ1v) is 15.9. The maximum absolute atomic E-state index is 6.06. The fourth-order valence-electron chi connectivity index (χ4n) is 5.35. The number of fused-ring (bicyclic) bond motifs is 3. The van der Waals surface area contributed by atoms with E-state index in [4.69, 9.17) is 4.74 Å². The van der Waals surface area contributed by atoms with Gasteiger partial charge in [0.25, 0.3) is 0 Å². The summed E-state index contributed by atoms with van der Waals surface area (Å²) in [6, 6.07) is 9.55. The van der Waals surface area contributed by atoms with Crippen LogP contribution in [0.3, 0.4) is 0 Å². The number of hydrogen-bond donors (Lipinski definition) is 0. The number of rotatable bonds is 4. The summed E-state index contributed by atoms with van der Waals surface area (Å²) in [4.78, 5) is 0. The molecule has 34 heavy (non-hydrogen) atoms. The van der Waals surface area contributed by atoms with Crippen molar-refractivity contribution >= 4 is 3.27 Å². The van der Waals surface area contributed by atoms with Crippen LogP contribution in [-0.4, -0.2) is 7.11 Å². The quantitative estimate of drug-likeness (QED) is 0.460. The van der Waals surface area contributed by atoms with Gasteiger partial charge in [-0.2, -0.15) is 0 Å². The van der Waals surface area contributed by atoms with E-state index in [0.29, 0.717) is 0 Å². The molecule has 2 aromatic rings. The fourth-order valence-corrected chi connectivity index (χ4v) is 14.0. The van der Waals surface area contributed by atoms with Crippen LogP contribution in [0.1, 0.15) is 84.1 Å². The molecule has 0 bridgehead atoms. The first-order chi connectivity index (χ1) is 14.9. The zero-order chi connectivity index (χ0) is 23.4. The molecule has 4 rings (SSSR count). The topological polar surface area (TPSA) is 9.23 Å². The molecule has 0 fully saturated rings. The van der Waals surface area contributed by atoms with Crippen molar-refractivity contribution in [1.29, 1.82) is 0 Å². The fraction of sp³-hybridized carbons (Fsp3) is 0.467. The Morgan fingerprint density at radius 3 is 2.12 bits per heavy atom. The molecule has 2 aliphatic rings. The van der Waals surface area contributed by atoms with Crippen molar-refractivity contribution in [1.82, 2.24) is 0 Å². The minimum Gasteiger partial charge on any atom is -1.00 e. The number of methoxy groups -OCH3 is 1. The molecule has 0 amide bonds. The minimum absolute atomic E-state index is 0. The largest absolute Gasteiger partial charge is 1.00 e. The molecule has 1 nitrogen and oxygen atoms in total. The smallest absolute Gasteiger partial charge is 1.00 e. The second-order valence-electron chi connectivity index (χ2n) is 11.8. The maximum atomic E-state index is 6.06. The summed E-state index contributed by atoms with van der Waals surface area (Å²) in [6.07, 6.45) is 9.27. The normalized spacial score (nSPS) is 14.2. The van der Waals surface area contributed by atoms with Gasteiger partial charge in [0.1, 0.15) is 0 Å². The van der Waals surface area contributed by atoms with Gasteiger partial charge in [0.15, 0.2) is 0 Å². The van der Waals surface area contributed by atoms with Crippen LogP contribution in [-0.2, 0) is 39.0 Å². The predicted molar refractivity (Wildman–Crippen MR) is 135 cm³/mol. The van der Waals surface area contributed by atoms with E-state index in [0.717, 1.165) is 22.2 Å². The molecule has 183 valence electrons. The van der Waals surface area contributed by atoms with E-state index in [-0.39, 0.29) is 35.6 Å². The predicted octanol–water partition coefficient (Wildman–Crippen LogP) is 1.79. The molecule has 0 aromatic heterocycles. The van der Waals surface area contributed by atoms with Crippen molar-refractivity contribution < 1.29 is 51.3 Å². The van der Waals surface area contributed by atoms with Crippen molar-refractivity contribution in [3.63, 3.8) is 0 Å². The summed E-state index contributed by atoms with van der Waals surface area (Å²) in [6.45, 7) is 19.0. The summed E-state index contributed by atoms with van der Waals surface area (Å²) in [5, 5.41) is 0. The van der Waals surface area contributed by atoms with Crippen molar-refractivity contribution in [3.8, 4) is 16.9 Å². The third-order valence-electron chi connectivity index (χ3n) is 6.99.